The molecule has 0 bridgehead atoms. The van der Waals surface area contributed by atoms with E-state index in [2.05, 4.69) is 29.1 Å². The van der Waals surface area contributed by atoms with Crippen molar-refractivity contribution < 1.29 is 4.74 Å². The number of aromatic nitrogens is 2. The Bertz CT molecular complexity index is 291. The smallest absolute Gasteiger partial charge is 0.232 e. The number of nitrogens with one attached hydrogen (secondary N) is 1. The number of ether oxygens (including phenoxy) is 1. The van der Waals surface area contributed by atoms with Gasteiger partial charge in [-0.3, -0.25) is 4.98 Å². The normalized spacial score (nSPS) is 12.5. The minimum atomic E-state index is 0.189. The van der Waals surface area contributed by atoms with Crippen LogP contribution in [0, 0.1) is 0 Å². The second kappa shape index (κ2) is 6.35. The molecule has 0 aliphatic heterocycles. The van der Waals surface area contributed by atoms with E-state index in [0.29, 0.717) is 5.88 Å². The van der Waals surface area contributed by atoms with Crippen molar-refractivity contribution in [2.45, 2.75) is 39.8 Å². The molecule has 1 N–H and O–H groups in total. The average Bonchev–Trinajstić information content (AvgIpc) is 2.26. The number of nitrogens with zero attached hydrogens (tertiary/aromatic N) is 2. The van der Waals surface area contributed by atoms with E-state index >= 15 is 0 Å². The van der Waals surface area contributed by atoms with Gasteiger partial charge in [0, 0.05) is 12.7 Å². The SMILES string of the molecule is CCNCc1cncc(OC(C)CC)n1. The standard InChI is InChI=1S/C11H19N3O/c1-4-9(3)15-11-8-13-7-10(14-11)6-12-5-2/h7-9,12H,4-6H2,1-3H3. The molecule has 0 aromatic carbocycles. The lowest BCUT2D eigenvalue weighted by Gasteiger charge is -2.11. The summed E-state index contributed by atoms with van der Waals surface area (Å²) in [6.07, 6.45) is 4.57. The summed E-state index contributed by atoms with van der Waals surface area (Å²) in [5.41, 5.74) is 0.914. The van der Waals surface area contributed by atoms with Crippen LogP contribution in [0.5, 0.6) is 5.88 Å². The summed E-state index contributed by atoms with van der Waals surface area (Å²) in [5, 5.41) is 3.20. The van der Waals surface area contributed by atoms with Gasteiger partial charge < -0.3 is 10.1 Å². The zero-order valence-corrected chi connectivity index (χ0v) is 9.66. The third kappa shape index (κ3) is 4.25. The van der Waals surface area contributed by atoms with Crippen LogP contribution < -0.4 is 10.1 Å². The van der Waals surface area contributed by atoms with Crippen molar-refractivity contribution in [2.24, 2.45) is 0 Å². The minimum absolute atomic E-state index is 0.189. The van der Waals surface area contributed by atoms with Crippen molar-refractivity contribution in [2.75, 3.05) is 6.54 Å². The summed E-state index contributed by atoms with van der Waals surface area (Å²) in [4.78, 5) is 8.45. The van der Waals surface area contributed by atoms with Crippen molar-refractivity contribution in [3.8, 4) is 5.88 Å². The van der Waals surface area contributed by atoms with E-state index in [4.69, 9.17) is 4.74 Å². The van der Waals surface area contributed by atoms with E-state index < -0.39 is 0 Å². The molecule has 15 heavy (non-hydrogen) atoms. The quantitative estimate of drug-likeness (QED) is 0.775. The fraction of sp³-hybridized carbons (Fsp3) is 0.636. The molecule has 0 aliphatic rings. The van der Waals surface area contributed by atoms with Crippen molar-refractivity contribution >= 4 is 0 Å². The first-order valence-corrected chi connectivity index (χ1v) is 5.44. The number of hydrogen-bond donors (Lipinski definition) is 1. The molecule has 1 unspecified atom stereocenters. The molecule has 0 radical (unpaired) electrons. The molecule has 4 nitrogen and oxygen atoms in total. The van der Waals surface area contributed by atoms with Gasteiger partial charge in [-0.15, -0.1) is 0 Å². The zero-order valence-electron chi connectivity index (χ0n) is 9.66. The molecule has 0 amide bonds. The first kappa shape index (κ1) is 11.9. The summed E-state index contributed by atoms with van der Waals surface area (Å²) in [7, 11) is 0. The maximum atomic E-state index is 5.58. The summed E-state index contributed by atoms with van der Waals surface area (Å²) in [6, 6.07) is 0. The van der Waals surface area contributed by atoms with Gasteiger partial charge in [0.1, 0.15) is 0 Å². The highest BCUT2D eigenvalue weighted by molar-refractivity contribution is 5.08. The molecule has 1 atom stereocenters. The summed E-state index contributed by atoms with van der Waals surface area (Å²) < 4.78 is 5.58. The minimum Gasteiger partial charge on any atom is -0.474 e. The summed E-state index contributed by atoms with van der Waals surface area (Å²) in [5.74, 6) is 0.611. The molecular weight excluding hydrogens is 190 g/mol. The lowest BCUT2D eigenvalue weighted by Crippen LogP contribution is -2.15. The van der Waals surface area contributed by atoms with Crippen LogP contribution in [0.2, 0.25) is 0 Å². The van der Waals surface area contributed by atoms with Crippen LogP contribution in [0.1, 0.15) is 32.9 Å². The van der Waals surface area contributed by atoms with E-state index in [1.807, 2.05) is 6.92 Å². The molecule has 1 aromatic heterocycles. The van der Waals surface area contributed by atoms with Gasteiger partial charge in [0.25, 0.3) is 0 Å². The van der Waals surface area contributed by atoms with Crippen LogP contribution in [-0.4, -0.2) is 22.6 Å². The highest BCUT2D eigenvalue weighted by atomic mass is 16.5. The molecule has 0 saturated carbocycles. The van der Waals surface area contributed by atoms with Crippen LogP contribution in [-0.2, 0) is 6.54 Å². The number of rotatable bonds is 6. The van der Waals surface area contributed by atoms with E-state index in [-0.39, 0.29) is 6.10 Å². The van der Waals surface area contributed by atoms with Gasteiger partial charge in [0.05, 0.1) is 18.0 Å². The van der Waals surface area contributed by atoms with Crippen LogP contribution >= 0.6 is 0 Å². The van der Waals surface area contributed by atoms with Gasteiger partial charge in [-0.25, -0.2) is 4.98 Å². The van der Waals surface area contributed by atoms with Gasteiger partial charge >= 0.3 is 0 Å². The van der Waals surface area contributed by atoms with Gasteiger partial charge in [-0.05, 0) is 19.9 Å². The largest absolute Gasteiger partial charge is 0.474 e. The molecule has 1 aromatic rings. The number of hydrogen-bond acceptors (Lipinski definition) is 4. The van der Waals surface area contributed by atoms with Gasteiger partial charge in [-0.1, -0.05) is 13.8 Å². The Kier molecular flexibility index (Phi) is 5.04. The van der Waals surface area contributed by atoms with Gasteiger partial charge in [0.2, 0.25) is 5.88 Å². The molecule has 0 aliphatic carbocycles. The van der Waals surface area contributed by atoms with E-state index in [1.165, 1.54) is 0 Å². The summed E-state index contributed by atoms with van der Waals surface area (Å²) >= 11 is 0. The lowest BCUT2D eigenvalue weighted by atomic mass is 10.3. The van der Waals surface area contributed by atoms with Crippen molar-refractivity contribution in [3.63, 3.8) is 0 Å². The van der Waals surface area contributed by atoms with E-state index in [9.17, 15) is 0 Å². The van der Waals surface area contributed by atoms with E-state index in [0.717, 1.165) is 25.2 Å². The third-order valence-electron chi connectivity index (χ3n) is 2.12. The second-order valence-corrected chi connectivity index (χ2v) is 3.47. The maximum Gasteiger partial charge on any atom is 0.232 e. The van der Waals surface area contributed by atoms with Crippen LogP contribution in [0.3, 0.4) is 0 Å². The molecule has 0 spiro atoms. The predicted octanol–water partition coefficient (Wildman–Crippen LogP) is 1.76. The average molecular weight is 209 g/mol. The molecule has 0 fully saturated rings. The summed E-state index contributed by atoms with van der Waals surface area (Å²) in [6.45, 7) is 7.84. The lowest BCUT2D eigenvalue weighted by molar-refractivity contribution is 0.207. The highest BCUT2D eigenvalue weighted by Crippen LogP contribution is 2.08. The zero-order chi connectivity index (χ0) is 11.1. The van der Waals surface area contributed by atoms with Crippen LogP contribution in [0.25, 0.3) is 0 Å². The second-order valence-electron chi connectivity index (χ2n) is 3.47. The fourth-order valence-electron chi connectivity index (χ4n) is 1.07. The first-order valence-electron chi connectivity index (χ1n) is 5.44. The molecule has 1 rings (SSSR count). The molecular formula is C11H19N3O. The molecule has 0 saturated heterocycles. The predicted molar refractivity (Wildman–Crippen MR) is 59.8 cm³/mol. The highest BCUT2D eigenvalue weighted by Gasteiger charge is 2.03. The Labute approximate surface area is 91.1 Å². The first-order chi connectivity index (χ1) is 7.26. The maximum absolute atomic E-state index is 5.58. The Morgan fingerprint density at radius 3 is 2.87 bits per heavy atom. The molecule has 84 valence electrons. The Hall–Kier alpha value is -1.16. The molecule has 1 heterocycles. The third-order valence-corrected chi connectivity index (χ3v) is 2.12. The van der Waals surface area contributed by atoms with Gasteiger partial charge in [0.15, 0.2) is 0 Å². The van der Waals surface area contributed by atoms with Crippen LogP contribution in [0.4, 0.5) is 0 Å². The Balaban J connectivity index is 2.57. The van der Waals surface area contributed by atoms with Crippen LogP contribution in [0.15, 0.2) is 12.4 Å². The Morgan fingerprint density at radius 1 is 1.40 bits per heavy atom. The topological polar surface area (TPSA) is 47.0 Å². The van der Waals surface area contributed by atoms with Crippen molar-refractivity contribution in [1.29, 1.82) is 0 Å². The van der Waals surface area contributed by atoms with Crippen molar-refractivity contribution in [1.82, 2.24) is 15.3 Å². The van der Waals surface area contributed by atoms with Gasteiger partial charge in [-0.2, -0.15) is 0 Å². The van der Waals surface area contributed by atoms with Crippen molar-refractivity contribution in [3.05, 3.63) is 18.1 Å². The monoisotopic (exact) mass is 209 g/mol. The fourth-order valence-corrected chi connectivity index (χ4v) is 1.07. The Morgan fingerprint density at radius 2 is 2.20 bits per heavy atom. The molecule has 4 heteroatoms. The van der Waals surface area contributed by atoms with E-state index in [1.54, 1.807) is 12.4 Å².